The molecule has 0 amide bonds. The van der Waals surface area contributed by atoms with Crippen LogP contribution >= 0.6 is 23.2 Å². The van der Waals surface area contributed by atoms with Crippen molar-refractivity contribution in [2.24, 2.45) is 0 Å². The minimum atomic E-state index is -0.379. The molecule has 0 unspecified atom stereocenters. The van der Waals surface area contributed by atoms with Crippen LogP contribution in [0.5, 0.6) is 17.2 Å². The van der Waals surface area contributed by atoms with Crippen LogP contribution in [0.15, 0.2) is 84.9 Å². The number of esters is 1. The fourth-order valence-corrected chi connectivity index (χ4v) is 6.25. The van der Waals surface area contributed by atoms with E-state index in [0.717, 1.165) is 34.4 Å². The van der Waals surface area contributed by atoms with Gasteiger partial charge < -0.3 is 18.9 Å². The Kier molecular flexibility index (Phi) is 8.80. The highest BCUT2D eigenvalue weighted by atomic mass is 35.5. The molecule has 0 fully saturated rings. The average Bonchev–Trinajstić information content (AvgIpc) is 3.04. The van der Waals surface area contributed by atoms with Gasteiger partial charge in [-0.2, -0.15) is 0 Å². The van der Waals surface area contributed by atoms with E-state index in [1.54, 1.807) is 12.1 Å². The number of ether oxygens (including phenoxy) is 4. The van der Waals surface area contributed by atoms with E-state index in [2.05, 4.69) is 30.0 Å². The highest BCUT2D eigenvalue weighted by molar-refractivity contribution is 6.42. The lowest BCUT2D eigenvalue weighted by Crippen LogP contribution is -2.47. The summed E-state index contributed by atoms with van der Waals surface area (Å²) in [4.78, 5) is 15.2. The number of carbonyl (C=O) groups is 1. The third kappa shape index (κ3) is 6.32. The summed E-state index contributed by atoms with van der Waals surface area (Å²) >= 11 is 12.1. The molecule has 6 nitrogen and oxygen atoms in total. The Balaban J connectivity index is 1.18. The van der Waals surface area contributed by atoms with Crippen LogP contribution in [0.4, 0.5) is 0 Å². The van der Waals surface area contributed by atoms with Crippen molar-refractivity contribution in [3.05, 3.63) is 123 Å². The van der Waals surface area contributed by atoms with Crippen LogP contribution in [0, 0.1) is 0 Å². The second-order valence-corrected chi connectivity index (χ2v) is 11.7. The molecule has 0 spiro atoms. The summed E-state index contributed by atoms with van der Waals surface area (Å²) in [5.41, 5.74) is 5.33. The Bertz CT molecular complexity index is 1590. The van der Waals surface area contributed by atoms with Gasteiger partial charge in [0.05, 0.1) is 17.2 Å². The van der Waals surface area contributed by atoms with E-state index in [-0.39, 0.29) is 24.2 Å². The Hall–Kier alpha value is -3.71. The molecule has 0 aromatic heterocycles. The zero-order valence-corrected chi connectivity index (χ0v) is 25.6. The van der Waals surface area contributed by atoms with Gasteiger partial charge in [-0.3, -0.25) is 9.69 Å². The van der Waals surface area contributed by atoms with Crippen LogP contribution in [0.2, 0.25) is 10.0 Å². The molecule has 4 aromatic carbocycles. The van der Waals surface area contributed by atoms with E-state index >= 15 is 0 Å². The van der Waals surface area contributed by atoms with Crippen LogP contribution in [-0.4, -0.2) is 30.6 Å². The summed E-state index contributed by atoms with van der Waals surface area (Å²) in [6.07, 6.45) is 1.16. The van der Waals surface area contributed by atoms with Crippen LogP contribution in [0.1, 0.15) is 53.3 Å². The lowest BCUT2D eigenvalue weighted by Gasteiger charge is -2.41. The lowest BCUT2D eigenvalue weighted by molar-refractivity contribution is -0.149. The van der Waals surface area contributed by atoms with Crippen LogP contribution < -0.4 is 14.2 Å². The predicted octanol–water partition coefficient (Wildman–Crippen LogP) is 8.14. The van der Waals surface area contributed by atoms with Crippen molar-refractivity contribution >= 4 is 29.2 Å². The Morgan fingerprint density at radius 2 is 1.72 bits per heavy atom. The maximum absolute atomic E-state index is 13.0. The summed E-state index contributed by atoms with van der Waals surface area (Å²) in [6.45, 7) is 3.52. The number of methoxy groups -OCH3 is 1. The molecule has 0 saturated carbocycles. The molecular weight excluding hydrogens is 585 g/mol. The van der Waals surface area contributed by atoms with Gasteiger partial charge in [0.1, 0.15) is 25.0 Å². The molecule has 0 saturated heterocycles. The average molecular weight is 619 g/mol. The van der Waals surface area contributed by atoms with Gasteiger partial charge in [-0.05, 0) is 77.1 Å². The van der Waals surface area contributed by atoms with Gasteiger partial charge >= 0.3 is 5.97 Å². The first kappa shape index (κ1) is 29.4. The zero-order valence-electron chi connectivity index (χ0n) is 24.1. The first-order valence-corrected chi connectivity index (χ1v) is 15.2. The Morgan fingerprint density at radius 1 is 0.953 bits per heavy atom. The smallest absolute Gasteiger partial charge is 0.323 e. The second kappa shape index (κ2) is 12.9. The van der Waals surface area contributed by atoms with E-state index < -0.39 is 0 Å². The molecule has 4 aromatic rings. The third-order valence-corrected chi connectivity index (χ3v) is 8.92. The monoisotopic (exact) mass is 617 g/mol. The molecule has 8 heteroatoms. The van der Waals surface area contributed by atoms with Crippen molar-refractivity contribution in [2.45, 2.75) is 51.1 Å². The van der Waals surface area contributed by atoms with Gasteiger partial charge in [0.2, 0.25) is 0 Å². The van der Waals surface area contributed by atoms with Crippen molar-refractivity contribution in [3.63, 3.8) is 0 Å². The number of halogens is 2. The molecule has 0 aliphatic carbocycles. The summed E-state index contributed by atoms with van der Waals surface area (Å²) in [6, 6.07) is 27.4. The molecule has 0 bridgehead atoms. The van der Waals surface area contributed by atoms with E-state index in [0.29, 0.717) is 47.7 Å². The van der Waals surface area contributed by atoms with E-state index in [9.17, 15) is 4.79 Å². The Labute approximate surface area is 262 Å². The minimum absolute atomic E-state index is 0.0804. The highest BCUT2D eigenvalue weighted by Crippen LogP contribution is 2.42. The number of nitrogens with zero attached hydrogens (tertiary/aromatic N) is 1. The second-order valence-electron chi connectivity index (χ2n) is 10.8. The van der Waals surface area contributed by atoms with Gasteiger partial charge in [-0.15, -0.1) is 0 Å². The van der Waals surface area contributed by atoms with Crippen molar-refractivity contribution in [1.82, 2.24) is 4.90 Å². The van der Waals surface area contributed by atoms with Crippen LogP contribution in [-0.2, 0) is 29.1 Å². The van der Waals surface area contributed by atoms with Gasteiger partial charge in [-0.1, -0.05) is 78.7 Å². The first-order chi connectivity index (χ1) is 20.9. The molecule has 2 aliphatic rings. The van der Waals surface area contributed by atoms with E-state index in [1.165, 1.54) is 12.7 Å². The van der Waals surface area contributed by atoms with E-state index in [1.807, 2.05) is 54.6 Å². The van der Waals surface area contributed by atoms with Crippen LogP contribution in [0.25, 0.3) is 0 Å². The number of carbonyl (C=O) groups excluding carboxylic acids is 1. The predicted molar refractivity (Wildman–Crippen MR) is 167 cm³/mol. The van der Waals surface area contributed by atoms with Crippen LogP contribution in [0.3, 0.4) is 0 Å². The normalized spacial score (nSPS) is 18.4. The summed E-state index contributed by atoms with van der Waals surface area (Å²) in [7, 11) is 1.46. The molecular formula is C35H33Cl2NO5. The zero-order chi connectivity index (χ0) is 29.9. The third-order valence-electron chi connectivity index (χ3n) is 8.18. The SMILES string of the molecule is CC[C@@H](c1ccccc1)N1Cc2cc3c(cc2C[C@H]1C(=O)OC)OC[C@@H](c1ccc(OCc2ccc(Cl)c(Cl)c2)cc1)O3. The summed E-state index contributed by atoms with van der Waals surface area (Å²) in [5.74, 6) is 1.92. The van der Waals surface area contributed by atoms with Gasteiger partial charge in [0.15, 0.2) is 17.6 Å². The number of rotatable bonds is 8. The molecule has 43 heavy (non-hydrogen) atoms. The van der Waals surface area contributed by atoms with Gasteiger partial charge in [0.25, 0.3) is 0 Å². The first-order valence-electron chi connectivity index (χ1n) is 14.4. The Morgan fingerprint density at radius 3 is 2.44 bits per heavy atom. The maximum Gasteiger partial charge on any atom is 0.323 e. The van der Waals surface area contributed by atoms with Crippen molar-refractivity contribution in [1.29, 1.82) is 0 Å². The molecule has 2 heterocycles. The molecule has 222 valence electrons. The minimum Gasteiger partial charge on any atom is -0.489 e. The standard InChI is InChI=1S/C35H33Cl2NO5/c1-3-30(23-7-5-4-6-8-23)38-19-26-18-33-32(17-25(26)16-31(38)35(39)40-2)42-21-34(43-33)24-10-12-27(13-11-24)41-20-22-9-14-28(36)29(37)15-22/h4-15,17-18,30-31,34H,3,16,19-21H2,1-2H3/t30-,31-,34-/m0/s1. The molecule has 0 N–H and O–H groups in total. The topological polar surface area (TPSA) is 57.2 Å². The van der Waals surface area contributed by atoms with Crippen molar-refractivity contribution < 1.29 is 23.7 Å². The van der Waals surface area contributed by atoms with Crippen molar-refractivity contribution in [3.8, 4) is 17.2 Å². The lowest BCUT2D eigenvalue weighted by atomic mass is 9.89. The molecule has 3 atom stereocenters. The molecule has 2 aliphatic heterocycles. The van der Waals surface area contributed by atoms with Gasteiger partial charge in [-0.25, -0.2) is 0 Å². The largest absolute Gasteiger partial charge is 0.489 e. The quantitative estimate of drug-likeness (QED) is 0.186. The number of fused-ring (bicyclic) bond motifs is 2. The highest BCUT2D eigenvalue weighted by Gasteiger charge is 2.38. The summed E-state index contributed by atoms with van der Waals surface area (Å²) < 4.78 is 23.8. The maximum atomic E-state index is 13.0. The van der Waals surface area contributed by atoms with Gasteiger partial charge in [0, 0.05) is 12.6 Å². The van der Waals surface area contributed by atoms with E-state index in [4.69, 9.17) is 42.1 Å². The number of hydrogen-bond donors (Lipinski definition) is 0. The fourth-order valence-electron chi connectivity index (χ4n) is 5.93. The summed E-state index contributed by atoms with van der Waals surface area (Å²) in [5, 5.41) is 1.03. The molecule has 0 radical (unpaired) electrons. The molecule has 6 rings (SSSR count). The number of benzene rings is 4. The van der Waals surface area contributed by atoms with Crippen molar-refractivity contribution in [2.75, 3.05) is 13.7 Å². The number of hydrogen-bond acceptors (Lipinski definition) is 6. The fraction of sp³-hybridized carbons (Fsp3) is 0.286.